The molecule has 0 bridgehead atoms. The molecule has 1 heterocycles. The number of hydrazine groups is 1. The van der Waals surface area contributed by atoms with Crippen LogP contribution in [0.2, 0.25) is 0 Å². The minimum atomic E-state index is 0.282. The predicted molar refractivity (Wildman–Crippen MR) is 95.9 cm³/mol. The zero-order valence-corrected chi connectivity index (χ0v) is 14.4. The van der Waals surface area contributed by atoms with Crippen LogP contribution < -0.4 is 11.3 Å². The highest BCUT2D eigenvalue weighted by atomic mass is 32.2. The molecule has 3 unspecified atom stereocenters. The van der Waals surface area contributed by atoms with Gasteiger partial charge in [-0.1, -0.05) is 37.6 Å². The molecule has 2 nitrogen and oxygen atoms in total. The van der Waals surface area contributed by atoms with E-state index in [4.69, 9.17) is 5.84 Å². The van der Waals surface area contributed by atoms with Gasteiger partial charge in [0.05, 0.1) is 6.04 Å². The number of nitrogens with one attached hydrogen (secondary N) is 1. The molecule has 1 saturated heterocycles. The molecule has 116 valence electrons. The summed E-state index contributed by atoms with van der Waals surface area (Å²) in [6.45, 7) is 2.31. The highest BCUT2D eigenvalue weighted by Gasteiger charge is 2.34. The normalized spacial score (nSPS) is 28.1. The van der Waals surface area contributed by atoms with E-state index in [1.165, 1.54) is 48.3 Å². The monoisotopic (exact) mass is 322 g/mol. The molecule has 0 aromatic heterocycles. The molecule has 2 fully saturated rings. The van der Waals surface area contributed by atoms with E-state index < -0.39 is 0 Å². The Kier molecular flexibility index (Phi) is 5.54. The first-order chi connectivity index (χ1) is 10.3. The van der Waals surface area contributed by atoms with Crippen molar-refractivity contribution in [2.45, 2.75) is 55.1 Å². The van der Waals surface area contributed by atoms with Crippen LogP contribution in [0.5, 0.6) is 0 Å². The number of hydrogen-bond acceptors (Lipinski definition) is 4. The zero-order chi connectivity index (χ0) is 14.7. The largest absolute Gasteiger partial charge is 0.271 e. The van der Waals surface area contributed by atoms with E-state index >= 15 is 0 Å². The number of hydrogen-bond donors (Lipinski definition) is 2. The van der Waals surface area contributed by atoms with Crippen molar-refractivity contribution in [1.82, 2.24) is 5.43 Å². The van der Waals surface area contributed by atoms with Gasteiger partial charge >= 0.3 is 0 Å². The minimum Gasteiger partial charge on any atom is -0.271 e. The van der Waals surface area contributed by atoms with E-state index in [0.29, 0.717) is 10.5 Å². The summed E-state index contributed by atoms with van der Waals surface area (Å²) < 4.78 is 0. The van der Waals surface area contributed by atoms with Gasteiger partial charge in [0.2, 0.25) is 0 Å². The molecule has 2 aliphatic rings. The Hall–Kier alpha value is -0.160. The third-order valence-electron chi connectivity index (χ3n) is 4.88. The molecule has 0 spiro atoms. The molecule has 1 saturated carbocycles. The summed E-state index contributed by atoms with van der Waals surface area (Å²) in [5, 5.41) is 1.29. The number of thioether (sulfide) groups is 2. The second kappa shape index (κ2) is 7.40. The lowest BCUT2D eigenvalue weighted by Gasteiger charge is -2.38. The van der Waals surface area contributed by atoms with Crippen molar-refractivity contribution >= 4 is 23.5 Å². The quantitative estimate of drug-likeness (QED) is 0.632. The SMILES string of the molecule is CCC1SCCSC1C(NN)c1ccccc1C1CCC1. The first-order valence-corrected chi connectivity index (χ1v) is 10.2. The second-order valence-electron chi connectivity index (χ2n) is 6.05. The van der Waals surface area contributed by atoms with Gasteiger partial charge in [0.25, 0.3) is 0 Å². The number of benzene rings is 1. The molecule has 1 aromatic rings. The number of rotatable bonds is 5. The maximum atomic E-state index is 6.01. The maximum absolute atomic E-state index is 6.01. The smallest absolute Gasteiger partial charge is 0.0592 e. The van der Waals surface area contributed by atoms with Crippen LogP contribution in [0, 0.1) is 0 Å². The summed E-state index contributed by atoms with van der Waals surface area (Å²) in [5.74, 6) is 9.30. The fourth-order valence-corrected chi connectivity index (χ4v) is 6.72. The third kappa shape index (κ3) is 3.29. The van der Waals surface area contributed by atoms with Gasteiger partial charge in [-0.25, -0.2) is 0 Å². The van der Waals surface area contributed by atoms with E-state index in [-0.39, 0.29) is 6.04 Å². The summed E-state index contributed by atoms with van der Waals surface area (Å²) in [5.41, 5.74) is 6.15. The molecule has 21 heavy (non-hydrogen) atoms. The van der Waals surface area contributed by atoms with Crippen molar-refractivity contribution in [3.63, 3.8) is 0 Å². The van der Waals surface area contributed by atoms with Gasteiger partial charge in [-0.05, 0) is 36.3 Å². The van der Waals surface area contributed by atoms with Crippen molar-refractivity contribution in [3.05, 3.63) is 35.4 Å². The molecular formula is C17H26N2S2. The molecule has 3 atom stereocenters. The Morgan fingerprint density at radius 3 is 2.67 bits per heavy atom. The van der Waals surface area contributed by atoms with Crippen LogP contribution in [0.4, 0.5) is 0 Å². The fraction of sp³-hybridized carbons (Fsp3) is 0.647. The summed E-state index contributed by atoms with van der Waals surface area (Å²) >= 11 is 4.23. The van der Waals surface area contributed by atoms with E-state index in [9.17, 15) is 0 Å². The lowest BCUT2D eigenvalue weighted by molar-refractivity contribution is 0.409. The van der Waals surface area contributed by atoms with Gasteiger partial charge in [-0.2, -0.15) is 23.5 Å². The molecule has 1 aromatic carbocycles. The lowest BCUT2D eigenvalue weighted by atomic mass is 9.76. The van der Waals surface area contributed by atoms with E-state index in [1.54, 1.807) is 0 Å². The molecule has 0 amide bonds. The summed E-state index contributed by atoms with van der Waals surface area (Å²) in [6.07, 6.45) is 5.30. The van der Waals surface area contributed by atoms with Crippen LogP contribution in [-0.2, 0) is 0 Å². The van der Waals surface area contributed by atoms with Crippen LogP contribution in [-0.4, -0.2) is 22.0 Å². The molecule has 4 heteroatoms. The molecule has 1 aliphatic heterocycles. The van der Waals surface area contributed by atoms with Gasteiger partial charge in [0, 0.05) is 22.0 Å². The van der Waals surface area contributed by atoms with Crippen LogP contribution in [0.25, 0.3) is 0 Å². The lowest BCUT2D eigenvalue weighted by Crippen LogP contribution is -2.42. The topological polar surface area (TPSA) is 38.0 Å². The summed E-state index contributed by atoms with van der Waals surface area (Å²) in [4.78, 5) is 0. The van der Waals surface area contributed by atoms with Gasteiger partial charge in [-0.15, -0.1) is 0 Å². The molecule has 0 radical (unpaired) electrons. The standard InChI is InChI=1S/C17H26N2S2/c1-2-15-17(21-11-10-20-15)16(19-18)14-9-4-3-8-13(14)12-6-5-7-12/h3-4,8-9,12,15-17,19H,2,5-7,10-11,18H2,1H3. The van der Waals surface area contributed by atoms with Crippen LogP contribution in [0.3, 0.4) is 0 Å². The van der Waals surface area contributed by atoms with Crippen LogP contribution >= 0.6 is 23.5 Å². The Balaban J connectivity index is 1.88. The van der Waals surface area contributed by atoms with Gasteiger partial charge in [0.1, 0.15) is 0 Å². The predicted octanol–water partition coefficient (Wildman–Crippen LogP) is 4.09. The van der Waals surface area contributed by atoms with E-state index in [0.717, 1.165) is 5.92 Å². The van der Waals surface area contributed by atoms with Crippen molar-refractivity contribution in [1.29, 1.82) is 0 Å². The van der Waals surface area contributed by atoms with Crippen molar-refractivity contribution < 1.29 is 0 Å². The Bertz CT molecular complexity index is 462. The Morgan fingerprint density at radius 1 is 1.24 bits per heavy atom. The Labute approximate surface area is 137 Å². The Morgan fingerprint density at radius 2 is 2.00 bits per heavy atom. The first-order valence-electron chi connectivity index (χ1n) is 8.13. The highest BCUT2D eigenvalue weighted by molar-refractivity contribution is 8.07. The van der Waals surface area contributed by atoms with Gasteiger partial charge < -0.3 is 0 Å². The van der Waals surface area contributed by atoms with Gasteiger partial charge in [-0.3, -0.25) is 11.3 Å². The fourth-order valence-electron chi connectivity index (χ4n) is 3.49. The minimum absolute atomic E-state index is 0.282. The summed E-state index contributed by atoms with van der Waals surface area (Å²) in [7, 11) is 0. The zero-order valence-electron chi connectivity index (χ0n) is 12.8. The van der Waals surface area contributed by atoms with Crippen molar-refractivity contribution in [3.8, 4) is 0 Å². The van der Waals surface area contributed by atoms with Gasteiger partial charge in [0.15, 0.2) is 0 Å². The van der Waals surface area contributed by atoms with Crippen LogP contribution in [0.1, 0.15) is 55.7 Å². The average molecular weight is 323 g/mol. The second-order valence-corrected chi connectivity index (χ2v) is 8.69. The molecule has 1 aliphatic carbocycles. The van der Waals surface area contributed by atoms with E-state index in [2.05, 4.69) is 60.1 Å². The molecule has 3 rings (SSSR count). The molecular weight excluding hydrogens is 296 g/mol. The average Bonchev–Trinajstić information content (AvgIpc) is 2.48. The third-order valence-corrected chi connectivity index (χ3v) is 8.23. The van der Waals surface area contributed by atoms with Crippen molar-refractivity contribution in [2.75, 3.05) is 11.5 Å². The summed E-state index contributed by atoms with van der Waals surface area (Å²) in [6, 6.07) is 9.26. The van der Waals surface area contributed by atoms with E-state index in [1.807, 2.05) is 0 Å². The van der Waals surface area contributed by atoms with Crippen molar-refractivity contribution in [2.24, 2.45) is 5.84 Å². The first kappa shape index (κ1) is 15.7. The highest BCUT2D eigenvalue weighted by Crippen LogP contribution is 2.44. The van der Waals surface area contributed by atoms with Crippen LogP contribution in [0.15, 0.2) is 24.3 Å². The maximum Gasteiger partial charge on any atom is 0.0592 e. The number of nitrogens with two attached hydrogens (primary N) is 1. The molecule has 3 N–H and O–H groups in total.